The number of carbonyl (C=O) groups excluding carboxylic acids is 1. The molecule has 0 saturated carbocycles. The number of carboxylic acid groups (broad SMARTS) is 1. The third-order valence-electron chi connectivity index (χ3n) is 3.18. The van der Waals surface area contributed by atoms with Crippen molar-refractivity contribution in [1.82, 2.24) is 19.7 Å². The number of nitrogens with one attached hydrogen (secondary N) is 1. The summed E-state index contributed by atoms with van der Waals surface area (Å²) in [5.74, 6) is -0.368. The van der Waals surface area contributed by atoms with Gasteiger partial charge in [0.15, 0.2) is 0 Å². The molecule has 0 bridgehead atoms. The van der Waals surface area contributed by atoms with Crippen molar-refractivity contribution >= 4 is 28.7 Å². The summed E-state index contributed by atoms with van der Waals surface area (Å²) in [5, 5.41) is 18.7. The van der Waals surface area contributed by atoms with E-state index in [1.165, 1.54) is 0 Å². The lowest BCUT2D eigenvalue weighted by molar-refractivity contribution is -0.137. The van der Waals surface area contributed by atoms with E-state index in [-0.39, 0.29) is 12.5 Å². The molecule has 2 rings (SSSR count). The first-order valence-corrected chi connectivity index (χ1v) is 6.85. The minimum Gasteiger partial charge on any atom is -0.481 e. The molecule has 0 atom stereocenters. The van der Waals surface area contributed by atoms with Crippen LogP contribution in [0.4, 0.5) is 9.93 Å². The summed E-state index contributed by atoms with van der Waals surface area (Å²) in [5.41, 5.74) is 0. The van der Waals surface area contributed by atoms with Crippen molar-refractivity contribution in [1.29, 1.82) is 0 Å². The largest absolute Gasteiger partial charge is 0.481 e. The minimum atomic E-state index is -0.760. The highest BCUT2D eigenvalue weighted by atomic mass is 32.1. The van der Waals surface area contributed by atoms with Gasteiger partial charge >= 0.3 is 12.0 Å². The number of carboxylic acids is 1. The van der Waals surface area contributed by atoms with Crippen LogP contribution in [0, 0.1) is 5.92 Å². The van der Waals surface area contributed by atoms with Gasteiger partial charge in [0.2, 0.25) is 5.13 Å². The molecule has 0 unspecified atom stereocenters. The number of hydrogen-bond donors (Lipinski definition) is 2. The second-order valence-electron chi connectivity index (χ2n) is 4.46. The van der Waals surface area contributed by atoms with E-state index in [1.54, 1.807) is 4.90 Å². The van der Waals surface area contributed by atoms with Crippen LogP contribution in [0.3, 0.4) is 0 Å². The Hall–Kier alpha value is -1.77. The summed E-state index contributed by atoms with van der Waals surface area (Å²) in [6.07, 6.45) is 2.57. The van der Waals surface area contributed by atoms with Crippen molar-refractivity contribution in [2.24, 2.45) is 5.92 Å². The Labute approximate surface area is 114 Å². The molecule has 19 heavy (non-hydrogen) atoms. The molecule has 2 heterocycles. The van der Waals surface area contributed by atoms with Gasteiger partial charge in [-0.25, -0.2) is 4.79 Å². The van der Waals surface area contributed by atoms with Gasteiger partial charge in [0, 0.05) is 31.0 Å². The van der Waals surface area contributed by atoms with Crippen LogP contribution in [0.1, 0.15) is 25.7 Å². The Morgan fingerprint density at radius 1 is 1.42 bits per heavy atom. The number of amides is 2. The molecule has 0 spiro atoms. The maximum absolute atomic E-state index is 11.9. The number of piperidine rings is 1. The molecule has 0 aromatic carbocycles. The van der Waals surface area contributed by atoms with Gasteiger partial charge in [-0.3, -0.25) is 10.1 Å². The van der Waals surface area contributed by atoms with E-state index >= 15 is 0 Å². The minimum absolute atomic E-state index is 0.199. The molecule has 0 aliphatic carbocycles. The SMILES string of the molecule is O=C(O)CCC1CCN(C(=O)Nc2nnns2)CC1. The predicted molar refractivity (Wildman–Crippen MR) is 67.9 cm³/mol. The summed E-state index contributed by atoms with van der Waals surface area (Å²) >= 11 is 1.03. The average molecular weight is 285 g/mol. The lowest BCUT2D eigenvalue weighted by atomic mass is 9.92. The maximum Gasteiger partial charge on any atom is 0.323 e. The Bertz CT molecular complexity index is 430. The number of nitrogens with zero attached hydrogens (tertiary/aromatic N) is 4. The molecule has 1 aromatic rings. The lowest BCUT2D eigenvalue weighted by Gasteiger charge is -2.31. The van der Waals surface area contributed by atoms with Crippen LogP contribution in [0.15, 0.2) is 0 Å². The van der Waals surface area contributed by atoms with Crippen molar-refractivity contribution in [2.75, 3.05) is 18.4 Å². The molecular weight excluding hydrogens is 270 g/mol. The molecule has 2 amide bonds. The van der Waals surface area contributed by atoms with E-state index < -0.39 is 5.97 Å². The number of carbonyl (C=O) groups is 2. The standard InChI is InChI=1S/C10H15N5O3S/c16-8(17)2-1-7-3-5-15(6-4-7)10(18)11-9-12-13-14-19-9/h7H,1-6H2,(H,16,17)(H,11,12,14,18). The topological polar surface area (TPSA) is 108 Å². The molecule has 9 heteroatoms. The summed E-state index contributed by atoms with van der Waals surface area (Å²) in [4.78, 5) is 24.1. The highest BCUT2D eigenvalue weighted by molar-refractivity contribution is 7.09. The molecule has 1 aromatic heterocycles. The Morgan fingerprint density at radius 3 is 2.74 bits per heavy atom. The van der Waals surface area contributed by atoms with E-state index in [0.29, 0.717) is 30.6 Å². The number of aliphatic carboxylic acids is 1. The fourth-order valence-electron chi connectivity index (χ4n) is 2.10. The Kier molecular flexibility index (Phi) is 4.61. The first kappa shape index (κ1) is 13.7. The van der Waals surface area contributed by atoms with E-state index in [0.717, 1.165) is 24.4 Å². The normalized spacial score (nSPS) is 16.3. The smallest absolute Gasteiger partial charge is 0.323 e. The van der Waals surface area contributed by atoms with E-state index in [4.69, 9.17) is 5.11 Å². The Balaban J connectivity index is 1.73. The molecule has 1 saturated heterocycles. The molecule has 0 radical (unpaired) electrons. The molecule has 1 aliphatic heterocycles. The first-order valence-electron chi connectivity index (χ1n) is 6.08. The number of rotatable bonds is 4. The fraction of sp³-hybridized carbons (Fsp3) is 0.700. The van der Waals surface area contributed by atoms with Gasteiger partial charge in [-0.1, -0.05) is 9.59 Å². The van der Waals surface area contributed by atoms with E-state index in [1.807, 2.05) is 0 Å². The van der Waals surface area contributed by atoms with Crippen molar-refractivity contribution in [3.63, 3.8) is 0 Å². The molecular formula is C10H15N5O3S. The number of urea groups is 1. The molecule has 1 aliphatic rings. The molecule has 8 nitrogen and oxygen atoms in total. The predicted octanol–water partition coefficient (Wildman–Crippen LogP) is 1.04. The van der Waals surface area contributed by atoms with Crippen LogP contribution < -0.4 is 5.32 Å². The quantitative estimate of drug-likeness (QED) is 0.855. The van der Waals surface area contributed by atoms with Crippen LogP contribution in [-0.2, 0) is 4.79 Å². The van der Waals surface area contributed by atoms with Gasteiger partial charge in [-0.05, 0) is 30.4 Å². The average Bonchev–Trinajstić information content (AvgIpc) is 2.89. The zero-order valence-electron chi connectivity index (χ0n) is 10.3. The maximum atomic E-state index is 11.9. The van der Waals surface area contributed by atoms with Crippen LogP contribution in [0.5, 0.6) is 0 Å². The number of aromatic nitrogens is 3. The van der Waals surface area contributed by atoms with Crippen molar-refractivity contribution in [3.05, 3.63) is 0 Å². The molecule has 1 fully saturated rings. The number of likely N-dealkylation sites (tertiary alicyclic amines) is 1. The molecule has 2 N–H and O–H groups in total. The third-order valence-corrected chi connectivity index (χ3v) is 3.69. The summed E-state index contributed by atoms with van der Waals surface area (Å²) in [6, 6.07) is -0.199. The lowest BCUT2D eigenvalue weighted by Crippen LogP contribution is -2.41. The highest BCUT2D eigenvalue weighted by Crippen LogP contribution is 2.22. The zero-order chi connectivity index (χ0) is 13.7. The zero-order valence-corrected chi connectivity index (χ0v) is 11.1. The monoisotopic (exact) mass is 285 g/mol. The number of hydrogen-bond acceptors (Lipinski definition) is 6. The van der Waals surface area contributed by atoms with Crippen LogP contribution in [0.25, 0.3) is 0 Å². The number of anilines is 1. The summed E-state index contributed by atoms with van der Waals surface area (Å²) in [6.45, 7) is 1.28. The fourth-order valence-corrected chi connectivity index (χ4v) is 2.46. The van der Waals surface area contributed by atoms with Crippen molar-refractivity contribution < 1.29 is 14.7 Å². The third kappa shape index (κ3) is 4.12. The van der Waals surface area contributed by atoms with Crippen molar-refractivity contribution in [2.45, 2.75) is 25.7 Å². The summed E-state index contributed by atoms with van der Waals surface area (Å²) < 4.78 is 3.56. The molecule has 104 valence electrons. The second-order valence-corrected chi connectivity index (χ2v) is 5.19. The van der Waals surface area contributed by atoms with Crippen LogP contribution in [0.2, 0.25) is 0 Å². The first-order chi connectivity index (χ1) is 9.15. The van der Waals surface area contributed by atoms with E-state index in [9.17, 15) is 9.59 Å². The highest BCUT2D eigenvalue weighted by Gasteiger charge is 2.23. The van der Waals surface area contributed by atoms with Crippen LogP contribution in [-0.4, -0.2) is 49.9 Å². The van der Waals surface area contributed by atoms with Gasteiger partial charge in [-0.15, -0.1) is 0 Å². The van der Waals surface area contributed by atoms with Gasteiger partial charge in [-0.2, -0.15) is 0 Å². The van der Waals surface area contributed by atoms with Gasteiger partial charge in [0.05, 0.1) is 0 Å². The van der Waals surface area contributed by atoms with Gasteiger partial charge < -0.3 is 10.0 Å². The van der Waals surface area contributed by atoms with Gasteiger partial charge in [0.1, 0.15) is 0 Å². The van der Waals surface area contributed by atoms with E-state index in [2.05, 4.69) is 20.1 Å². The van der Waals surface area contributed by atoms with Gasteiger partial charge in [0.25, 0.3) is 0 Å². The summed E-state index contributed by atoms with van der Waals surface area (Å²) in [7, 11) is 0. The second kappa shape index (κ2) is 6.41. The van der Waals surface area contributed by atoms with Crippen LogP contribution >= 0.6 is 11.5 Å². The Morgan fingerprint density at radius 2 is 2.16 bits per heavy atom. The van der Waals surface area contributed by atoms with Crippen molar-refractivity contribution in [3.8, 4) is 0 Å².